The first kappa shape index (κ1) is 17.8. The van der Waals surface area contributed by atoms with Gasteiger partial charge in [0.1, 0.15) is 6.54 Å². The molecule has 0 aromatic carbocycles. The number of hydrogen-bond donors (Lipinski definition) is 0. The molecule has 0 aliphatic carbocycles. The molecule has 0 spiro atoms. The van der Waals surface area contributed by atoms with Gasteiger partial charge in [0.2, 0.25) is 5.91 Å². The first-order valence-corrected chi connectivity index (χ1v) is 7.25. The number of halogens is 3. The number of amides is 1. The Kier molecular flexibility index (Phi) is 6.46. The first-order chi connectivity index (χ1) is 9.78. The standard InChI is InChI=1S/C14H22F3N3O/c1-3-19(10-14(15,16)17)13(21)12-5-4-8-20(9-12)11(2)6-7-18/h11-12H,3-6,8-10H2,1-2H3. The van der Waals surface area contributed by atoms with E-state index in [2.05, 4.69) is 6.07 Å². The Bertz CT molecular complexity index is 392. The number of hydrogen-bond acceptors (Lipinski definition) is 3. The molecule has 0 N–H and O–H groups in total. The number of nitrogens with zero attached hydrogens (tertiary/aromatic N) is 3. The average Bonchev–Trinajstić information content (AvgIpc) is 2.43. The molecule has 0 saturated carbocycles. The predicted octanol–water partition coefficient (Wildman–Crippen LogP) is 2.41. The number of likely N-dealkylation sites (tertiary alicyclic amines) is 1. The quantitative estimate of drug-likeness (QED) is 0.783. The summed E-state index contributed by atoms with van der Waals surface area (Å²) >= 11 is 0. The number of nitriles is 1. The van der Waals surface area contributed by atoms with Gasteiger partial charge >= 0.3 is 6.18 Å². The monoisotopic (exact) mass is 305 g/mol. The van der Waals surface area contributed by atoms with E-state index in [0.717, 1.165) is 17.9 Å². The molecule has 4 nitrogen and oxygen atoms in total. The molecule has 0 radical (unpaired) electrons. The van der Waals surface area contributed by atoms with E-state index in [0.29, 0.717) is 19.4 Å². The van der Waals surface area contributed by atoms with Crippen LogP contribution in [-0.2, 0) is 4.79 Å². The van der Waals surface area contributed by atoms with Crippen molar-refractivity contribution in [2.24, 2.45) is 5.92 Å². The van der Waals surface area contributed by atoms with Gasteiger partial charge in [0, 0.05) is 19.1 Å². The molecule has 1 rings (SSSR count). The largest absolute Gasteiger partial charge is 0.406 e. The molecule has 1 aliphatic heterocycles. The molecule has 1 fully saturated rings. The van der Waals surface area contributed by atoms with Gasteiger partial charge in [-0.05, 0) is 33.2 Å². The summed E-state index contributed by atoms with van der Waals surface area (Å²) in [6, 6.07) is 2.12. The minimum absolute atomic E-state index is 0.0308. The van der Waals surface area contributed by atoms with Crippen molar-refractivity contribution in [1.82, 2.24) is 9.80 Å². The van der Waals surface area contributed by atoms with E-state index >= 15 is 0 Å². The molecule has 0 aromatic rings. The van der Waals surface area contributed by atoms with Crippen LogP contribution in [0.1, 0.15) is 33.1 Å². The Morgan fingerprint density at radius 2 is 2.19 bits per heavy atom. The number of carbonyl (C=O) groups excluding carboxylic acids is 1. The molecular weight excluding hydrogens is 283 g/mol. The highest BCUT2D eigenvalue weighted by Gasteiger charge is 2.36. The van der Waals surface area contributed by atoms with Gasteiger partial charge in [0.05, 0.1) is 18.4 Å². The molecule has 0 aromatic heterocycles. The van der Waals surface area contributed by atoms with Crippen molar-refractivity contribution in [3.05, 3.63) is 0 Å². The van der Waals surface area contributed by atoms with Crippen LogP contribution in [0, 0.1) is 17.2 Å². The van der Waals surface area contributed by atoms with Crippen LogP contribution in [-0.4, -0.2) is 54.1 Å². The number of rotatable bonds is 5. The van der Waals surface area contributed by atoms with Crippen LogP contribution in [0.25, 0.3) is 0 Å². The maximum Gasteiger partial charge on any atom is 0.406 e. The normalized spacial score (nSPS) is 21.6. The highest BCUT2D eigenvalue weighted by Crippen LogP contribution is 2.23. The van der Waals surface area contributed by atoms with Gasteiger partial charge in [-0.1, -0.05) is 0 Å². The van der Waals surface area contributed by atoms with E-state index in [4.69, 9.17) is 5.26 Å². The second-order valence-electron chi connectivity index (χ2n) is 5.51. The lowest BCUT2D eigenvalue weighted by atomic mass is 9.95. The first-order valence-electron chi connectivity index (χ1n) is 7.25. The maximum atomic E-state index is 12.5. The number of piperidine rings is 1. The van der Waals surface area contributed by atoms with E-state index in [-0.39, 0.29) is 12.6 Å². The highest BCUT2D eigenvalue weighted by molar-refractivity contribution is 5.79. The number of carbonyl (C=O) groups is 1. The van der Waals surface area contributed by atoms with Crippen LogP contribution in [0.2, 0.25) is 0 Å². The second-order valence-corrected chi connectivity index (χ2v) is 5.51. The lowest BCUT2D eigenvalue weighted by Gasteiger charge is -2.37. The summed E-state index contributed by atoms with van der Waals surface area (Å²) in [5.74, 6) is -0.828. The van der Waals surface area contributed by atoms with Crippen molar-refractivity contribution in [3.63, 3.8) is 0 Å². The van der Waals surface area contributed by atoms with Crippen molar-refractivity contribution in [2.45, 2.75) is 45.3 Å². The third-order valence-corrected chi connectivity index (χ3v) is 3.88. The summed E-state index contributed by atoms with van der Waals surface area (Å²) in [6.07, 6.45) is -2.62. The fourth-order valence-electron chi connectivity index (χ4n) is 2.69. The summed E-state index contributed by atoms with van der Waals surface area (Å²) in [6.45, 7) is 3.56. The fourth-order valence-corrected chi connectivity index (χ4v) is 2.69. The highest BCUT2D eigenvalue weighted by atomic mass is 19.4. The smallest absolute Gasteiger partial charge is 0.334 e. The van der Waals surface area contributed by atoms with Crippen LogP contribution >= 0.6 is 0 Å². The molecule has 21 heavy (non-hydrogen) atoms. The molecule has 2 atom stereocenters. The molecule has 1 amide bonds. The van der Waals surface area contributed by atoms with Crippen molar-refractivity contribution in [3.8, 4) is 6.07 Å². The fraction of sp³-hybridized carbons (Fsp3) is 0.857. The molecule has 1 aliphatic rings. The Morgan fingerprint density at radius 1 is 1.52 bits per heavy atom. The van der Waals surface area contributed by atoms with Crippen LogP contribution in [0.15, 0.2) is 0 Å². The van der Waals surface area contributed by atoms with Gasteiger partial charge in [0.15, 0.2) is 0 Å². The molecule has 0 bridgehead atoms. The van der Waals surface area contributed by atoms with Crippen molar-refractivity contribution < 1.29 is 18.0 Å². The third kappa shape index (κ3) is 5.54. The van der Waals surface area contributed by atoms with E-state index in [1.54, 1.807) is 6.92 Å². The Hall–Kier alpha value is -1.29. The van der Waals surface area contributed by atoms with Crippen LogP contribution in [0.3, 0.4) is 0 Å². The molecule has 120 valence electrons. The summed E-state index contributed by atoms with van der Waals surface area (Å²) in [4.78, 5) is 15.2. The predicted molar refractivity (Wildman–Crippen MR) is 72.3 cm³/mol. The molecule has 7 heteroatoms. The zero-order chi connectivity index (χ0) is 16.0. The zero-order valence-corrected chi connectivity index (χ0v) is 12.5. The maximum absolute atomic E-state index is 12.5. The number of alkyl halides is 3. The van der Waals surface area contributed by atoms with Crippen LogP contribution < -0.4 is 0 Å². The molecule has 2 unspecified atom stereocenters. The van der Waals surface area contributed by atoms with Gasteiger partial charge in [-0.3, -0.25) is 9.69 Å². The van der Waals surface area contributed by atoms with Gasteiger partial charge in [-0.2, -0.15) is 18.4 Å². The van der Waals surface area contributed by atoms with E-state index < -0.39 is 24.5 Å². The minimum Gasteiger partial charge on any atom is -0.334 e. The van der Waals surface area contributed by atoms with Crippen LogP contribution in [0.4, 0.5) is 13.2 Å². The lowest BCUT2D eigenvalue weighted by molar-refractivity contribution is -0.164. The Labute approximate surface area is 123 Å². The Balaban J connectivity index is 2.66. The van der Waals surface area contributed by atoms with Crippen molar-refractivity contribution in [1.29, 1.82) is 5.26 Å². The minimum atomic E-state index is -4.37. The average molecular weight is 305 g/mol. The summed E-state index contributed by atoms with van der Waals surface area (Å²) in [7, 11) is 0. The summed E-state index contributed by atoms with van der Waals surface area (Å²) in [5.41, 5.74) is 0. The van der Waals surface area contributed by atoms with Gasteiger partial charge < -0.3 is 4.90 Å². The zero-order valence-electron chi connectivity index (χ0n) is 12.5. The van der Waals surface area contributed by atoms with E-state index in [9.17, 15) is 18.0 Å². The summed E-state index contributed by atoms with van der Waals surface area (Å²) in [5, 5.41) is 8.72. The second kappa shape index (κ2) is 7.64. The topological polar surface area (TPSA) is 47.3 Å². The SMILES string of the molecule is CCN(CC(F)(F)F)C(=O)C1CCCN(C(C)CC#N)C1. The van der Waals surface area contributed by atoms with Gasteiger partial charge in [-0.15, -0.1) is 0 Å². The van der Waals surface area contributed by atoms with Crippen molar-refractivity contribution in [2.75, 3.05) is 26.2 Å². The van der Waals surface area contributed by atoms with Gasteiger partial charge in [0.25, 0.3) is 0 Å². The van der Waals surface area contributed by atoms with Crippen molar-refractivity contribution >= 4 is 5.91 Å². The molecular formula is C14H22F3N3O. The summed E-state index contributed by atoms with van der Waals surface area (Å²) < 4.78 is 37.5. The van der Waals surface area contributed by atoms with E-state index in [1.807, 2.05) is 11.8 Å². The van der Waals surface area contributed by atoms with Crippen LogP contribution in [0.5, 0.6) is 0 Å². The lowest BCUT2D eigenvalue weighted by Crippen LogP contribution is -2.49. The molecule has 1 heterocycles. The molecule has 1 saturated heterocycles. The van der Waals surface area contributed by atoms with Gasteiger partial charge in [-0.25, -0.2) is 0 Å². The third-order valence-electron chi connectivity index (χ3n) is 3.88. The van der Waals surface area contributed by atoms with E-state index in [1.165, 1.54) is 0 Å². The Morgan fingerprint density at radius 3 is 2.71 bits per heavy atom.